The Bertz CT molecular complexity index is 266. The van der Waals surface area contributed by atoms with Crippen LogP contribution in [0.15, 0.2) is 0 Å². The van der Waals surface area contributed by atoms with Gasteiger partial charge in [-0.2, -0.15) is 0 Å². The second-order valence-electron chi connectivity index (χ2n) is 7.25. The maximum absolute atomic E-state index is 3.77. The van der Waals surface area contributed by atoms with Gasteiger partial charge in [-0.15, -0.1) is 0 Å². The smallest absolute Gasteiger partial charge is 0.0108 e. The highest BCUT2D eigenvalue weighted by molar-refractivity contribution is 4.87. The maximum atomic E-state index is 3.77. The van der Waals surface area contributed by atoms with E-state index in [0.717, 1.165) is 30.5 Å². The van der Waals surface area contributed by atoms with E-state index < -0.39 is 0 Å². The zero-order valence-corrected chi connectivity index (χ0v) is 14.0. The molecule has 1 aliphatic heterocycles. The minimum absolute atomic E-state index is 0.775. The first-order valence-electron chi connectivity index (χ1n) is 9.22. The van der Waals surface area contributed by atoms with Crippen LogP contribution in [-0.4, -0.2) is 36.6 Å². The van der Waals surface area contributed by atoms with Gasteiger partial charge in [-0.1, -0.05) is 33.6 Å². The molecule has 118 valence electrons. The summed E-state index contributed by atoms with van der Waals surface area (Å²) in [5.74, 6) is 1.81. The van der Waals surface area contributed by atoms with E-state index in [2.05, 4.69) is 31.0 Å². The van der Waals surface area contributed by atoms with Crippen molar-refractivity contribution in [2.75, 3.05) is 19.6 Å². The van der Waals surface area contributed by atoms with Crippen molar-refractivity contribution in [2.24, 2.45) is 11.8 Å². The van der Waals surface area contributed by atoms with Crippen LogP contribution in [0.2, 0.25) is 0 Å². The summed E-state index contributed by atoms with van der Waals surface area (Å²) in [6, 6.07) is 1.63. The molecule has 1 saturated heterocycles. The second-order valence-corrected chi connectivity index (χ2v) is 7.25. The Morgan fingerprint density at radius 3 is 2.65 bits per heavy atom. The molecule has 2 nitrogen and oxygen atoms in total. The molecule has 2 heteroatoms. The van der Waals surface area contributed by atoms with Gasteiger partial charge in [0.05, 0.1) is 0 Å². The minimum Gasteiger partial charge on any atom is -0.314 e. The van der Waals surface area contributed by atoms with Crippen LogP contribution in [0.5, 0.6) is 0 Å². The Morgan fingerprint density at radius 2 is 1.90 bits per heavy atom. The summed E-state index contributed by atoms with van der Waals surface area (Å²) in [5.41, 5.74) is 0. The molecule has 0 aromatic rings. The molecule has 4 unspecified atom stereocenters. The largest absolute Gasteiger partial charge is 0.314 e. The Labute approximate surface area is 126 Å². The molecule has 4 atom stereocenters. The van der Waals surface area contributed by atoms with E-state index in [1.165, 1.54) is 64.5 Å². The van der Waals surface area contributed by atoms with Gasteiger partial charge in [0, 0.05) is 18.6 Å². The number of likely N-dealkylation sites (tertiary alicyclic amines) is 1. The fourth-order valence-electron chi connectivity index (χ4n) is 4.47. The lowest BCUT2D eigenvalue weighted by Gasteiger charge is -2.40. The molecule has 20 heavy (non-hydrogen) atoms. The summed E-state index contributed by atoms with van der Waals surface area (Å²) >= 11 is 0. The van der Waals surface area contributed by atoms with Gasteiger partial charge in [0.25, 0.3) is 0 Å². The van der Waals surface area contributed by atoms with E-state index in [-0.39, 0.29) is 0 Å². The number of hydrogen-bond acceptors (Lipinski definition) is 2. The summed E-state index contributed by atoms with van der Waals surface area (Å²) in [6.45, 7) is 10.9. The average Bonchev–Trinajstić information content (AvgIpc) is 2.67. The molecule has 0 aromatic heterocycles. The lowest BCUT2D eigenvalue weighted by molar-refractivity contribution is 0.113. The van der Waals surface area contributed by atoms with Crippen LogP contribution in [0.3, 0.4) is 0 Å². The zero-order valence-electron chi connectivity index (χ0n) is 14.0. The molecule has 2 fully saturated rings. The van der Waals surface area contributed by atoms with E-state index in [4.69, 9.17) is 0 Å². The topological polar surface area (TPSA) is 15.3 Å². The van der Waals surface area contributed by atoms with Gasteiger partial charge in [-0.05, 0) is 63.5 Å². The van der Waals surface area contributed by atoms with Gasteiger partial charge >= 0.3 is 0 Å². The van der Waals surface area contributed by atoms with Crippen molar-refractivity contribution in [1.29, 1.82) is 0 Å². The summed E-state index contributed by atoms with van der Waals surface area (Å²) in [6.07, 6.45) is 11.3. The molecular weight excluding hydrogens is 244 g/mol. The number of nitrogens with zero attached hydrogens (tertiary/aromatic N) is 1. The Hall–Kier alpha value is -0.0800. The average molecular weight is 280 g/mol. The fraction of sp³-hybridized carbons (Fsp3) is 1.00. The molecule has 0 amide bonds. The quantitative estimate of drug-likeness (QED) is 0.817. The van der Waals surface area contributed by atoms with Gasteiger partial charge in [-0.25, -0.2) is 0 Å². The first-order valence-corrected chi connectivity index (χ1v) is 9.22. The molecule has 1 N–H and O–H groups in total. The number of rotatable bonds is 5. The second kappa shape index (κ2) is 8.38. The van der Waals surface area contributed by atoms with Gasteiger partial charge in [-0.3, -0.25) is 0 Å². The Balaban J connectivity index is 1.96. The van der Waals surface area contributed by atoms with Crippen LogP contribution in [-0.2, 0) is 0 Å². The molecule has 2 rings (SSSR count). The monoisotopic (exact) mass is 280 g/mol. The van der Waals surface area contributed by atoms with Gasteiger partial charge in [0.2, 0.25) is 0 Å². The van der Waals surface area contributed by atoms with E-state index >= 15 is 0 Å². The Kier molecular flexibility index (Phi) is 6.83. The van der Waals surface area contributed by atoms with Crippen LogP contribution in [0, 0.1) is 11.8 Å². The van der Waals surface area contributed by atoms with Crippen LogP contribution >= 0.6 is 0 Å². The van der Waals surface area contributed by atoms with Crippen molar-refractivity contribution >= 4 is 0 Å². The van der Waals surface area contributed by atoms with Crippen molar-refractivity contribution in [3.8, 4) is 0 Å². The number of nitrogens with one attached hydrogen (secondary N) is 1. The van der Waals surface area contributed by atoms with Crippen molar-refractivity contribution in [3.63, 3.8) is 0 Å². The van der Waals surface area contributed by atoms with Crippen LogP contribution in [0.4, 0.5) is 0 Å². The highest BCUT2D eigenvalue weighted by Crippen LogP contribution is 2.31. The third kappa shape index (κ3) is 4.46. The predicted molar refractivity (Wildman–Crippen MR) is 88.1 cm³/mol. The van der Waals surface area contributed by atoms with Crippen LogP contribution in [0.25, 0.3) is 0 Å². The van der Waals surface area contributed by atoms with Gasteiger partial charge in [0.15, 0.2) is 0 Å². The first-order chi connectivity index (χ1) is 9.74. The van der Waals surface area contributed by atoms with E-state index in [9.17, 15) is 0 Å². The van der Waals surface area contributed by atoms with E-state index in [0.29, 0.717) is 0 Å². The van der Waals surface area contributed by atoms with Crippen molar-refractivity contribution in [3.05, 3.63) is 0 Å². The summed E-state index contributed by atoms with van der Waals surface area (Å²) < 4.78 is 0. The number of hydrogen-bond donors (Lipinski definition) is 1. The molecule has 1 heterocycles. The molecule has 1 aliphatic carbocycles. The third-order valence-electron chi connectivity index (χ3n) is 5.65. The van der Waals surface area contributed by atoms with E-state index in [1.807, 2.05) is 0 Å². The fourth-order valence-corrected chi connectivity index (χ4v) is 4.47. The highest BCUT2D eigenvalue weighted by atomic mass is 15.2. The lowest BCUT2D eigenvalue weighted by atomic mass is 9.78. The molecule has 0 spiro atoms. The predicted octanol–water partition coefficient (Wildman–Crippen LogP) is 4.06. The maximum Gasteiger partial charge on any atom is 0.0108 e. The van der Waals surface area contributed by atoms with Crippen LogP contribution in [0.1, 0.15) is 72.1 Å². The van der Waals surface area contributed by atoms with Gasteiger partial charge < -0.3 is 10.2 Å². The van der Waals surface area contributed by atoms with Crippen molar-refractivity contribution in [2.45, 2.75) is 84.2 Å². The summed E-state index contributed by atoms with van der Waals surface area (Å²) in [4.78, 5) is 2.85. The molecular formula is C18H36N2. The van der Waals surface area contributed by atoms with E-state index in [1.54, 1.807) is 0 Å². The summed E-state index contributed by atoms with van der Waals surface area (Å²) in [5, 5.41) is 3.77. The molecule has 1 saturated carbocycles. The SMILES string of the molecule is CCNC1CCC(C)CC1CN1CCCCCC1CC. The summed E-state index contributed by atoms with van der Waals surface area (Å²) in [7, 11) is 0. The molecule has 0 radical (unpaired) electrons. The standard InChI is InChI=1S/C18H36N2/c1-4-17-9-7-6-8-12-20(17)14-16-13-15(3)10-11-18(16)19-5-2/h15-19H,4-14H2,1-3H3. The normalized spacial score (nSPS) is 36.8. The highest BCUT2D eigenvalue weighted by Gasteiger charge is 2.31. The van der Waals surface area contributed by atoms with Gasteiger partial charge in [0.1, 0.15) is 0 Å². The van der Waals surface area contributed by atoms with Crippen LogP contribution < -0.4 is 5.32 Å². The zero-order chi connectivity index (χ0) is 14.4. The Morgan fingerprint density at radius 1 is 1.05 bits per heavy atom. The molecule has 0 bridgehead atoms. The lowest BCUT2D eigenvalue weighted by Crippen LogP contribution is -2.47. The molecule has 0 aromatic carbocycles. The van der Waals surface area contributed by atoms with Crippen molar-refractivity contribution in [1.82, 2.24) is 10.2 Å². The molecule has 2 aliphatic rings. The minimum atomic E-state index is 0.775. The third-order valence-corrected chi connectivity index (χ3v) is 5.65. The first kappa shape index (κ1) is 16.3. The van der Waals surface area contributed by atoms with Crippen molar-refractivity contribution < 1.29 is 0 Å².